The Morgan fingerprint density at radius 1 is 1.45 bits per heavy atom. The van der Waals surface area contributed by atoms with Crippen LogP contribution in [0, 0.1) is 0 Å². The summed E-state index contributed by atoms with van der Waals surface area (Å²) in [6.07, 6.45) is 4.91. The van der Waals surface area contributed by atoms with Crippen LogP contribution in [0.2, 0.25) is 0 Å². The topological polar surface area (TPSA) is 91.7 Å². The molecule has 0 saturated carbocycles. The van der Waals surface area contributed by atoms with E-state index in [9.17, 15) is 14.4 Å². The van der Waals surface area contributed by atoms with Crippen LogP contribution in [0.15, 0.2) is 28.9 Å². The third-order valence-electron chi connectivity index (χ3n) is 3.53. The molecule has 104 valence electrons. The van der Waals surface area contributed by atoms with Gasteiger partial charge in [0.2, 0.25) is 5.91 Å². The van der Waals surface area contributed by atoms with Crippen LogP contribution in [-0.4, -0.2) is 41.4 Å². The molecule has 4 amide bonds. The molecule has 7 heteroatoms. The molecule has 2 saturated heterocycles. The molecule has 7 nitrogen and oxygen atoms in total. The maximum absolute atomic E-state index is 12.0. The molecule has 3 rings (SSSR count). The van der Waals surface area contributed by atoms with Crippen molar-refractivity contribution in [1.29, 1.82) is 0 Å². The van der Waals surface area contributed by atoms with Crippen molar-refractivity contribution in [3.63, 3.8) is 0 Å². The van der Waals surface area contributed by atoms with Crippen LogP contribution in [0.1, 0.15) is 12.2 Å². The van der Waals surface area contributed by atoms with Crippen LogP contribution in [0.25, 0.3) is 6.08 Å². The Morgan fingerprint density at radius 3 is 2.95 bits per heavy atom. The number of rotatable bonds is 2. The fourth-order valence-electron chi connectivity index (χ4n) is 2.46. The lowest BCUT2D eigenvalue weighted by atomic mass is 10.00. The Labute approximate surface area is 114 Å². The van der Waals surface area contributed by atoms with Crippen LogP contribution in [-0.2, 0) is 9.59 Å². The van der Waals surface area contributed by atoms with Crippen molar-refractivity contribution in [2.45, 2.75) is 12.0 Å². The molecule has 0 radical (unpaired) electrons. The summed E-state index contributed by atoms with van der Waals surface area (Å²) < 4.78 is 5.09. The van der Waals surface area contributed by atoms with Gasteiger partial charge in [-0.15, -0.1) is 0 Å². The standard InChI is InChI=1S/C13H13N3O4/c17-10(4-3-9-2-1-7-20-9)16-6-5-13(8-16)11(18)14-12(19)15-13/h1-4,7H,5-6,8H2,(H2,14,15,18,19)/b4-3+. The molecule has 2 N–H and O–H groups in total. The normalized spacial score (nSPS) is 25.5. The smallest absolute Gasteiger partial charge is 0.322 e. The zero-order chi connectivity index (χ0) is 14.2. The number of amides is 4. The van der Waals surface area contributed by atoms with E-state index in [1.165, 1.54) is 17.2 Å². The third kappa shape index (κ3) is 2.07. The lowest BCUT2D eigenvalue weighted by Gasteiger charge is -2.20. The maximum Gasteiger partial charge on any atom is 0.322 e. The van der Waals surface area contributed by atoms with Crippen LogP contribution in [0.4, 0.5) is 4.79 Å². The fourth-order valence-corrected chi connectivity index (χ4v) is 2.46. The number of hydrogen-bond donors (Lipinski definition) is 2. The molecule has 20 heavy (non-hydrogen) atoms. The van der Waals surface area contributed by atoms with E-state index < -0.39 is 11.6 Å². The van der Waals surface area contributed by atoms with Gasteiger partial charge in [-0.1, -0.05) is 0 Å². The van der Waals surface area contributed by atoms with Crippen molar-refractivity contribution in [3.05, 3.63) is 30.2 Å². The third-order valence-corrected chi connectivity index (χ3v) is 3.53. The second-order valence-electron chi connectivity index (χ2n) is 4.85. The predicted octanol–water partition coefficient (Wildman–Crippen LogP) is 0.103. The summed E-state index contributed by atoms with van der Waals surface area (Å²) >= 11 is 0. The second kappa shape index (κ2) is 4.52. The van der Waals surface area contributed by atoms with Crippen LogP contribution in [0.3, 0.4) is 0 Å². The van der Waals surface area contributed by atoms with E-state index in [0.717, 1.165) is 0 Å². The number of likely N-dealkylation sites (tertiary alicyclic amines) is 1. The molecule has 1 spiro atoms. The number of nitrogens with zero attached hydrogens (tertiary/aromatic N) is 1. The number of nitrogens with one attached hydrogen (secondary N) is 2. The Hall–Kier alpha value is -2.57. The lowest BCUT2D eigenvalue weighted by Crippen LogP contribution is -2.49. The molecule has 2 aliphatic rings. The van der Waals surface area contributed by atoms with Crippen LogP contribution >= 0.6 is 0 Å². The second-order valence-corrected chi connectivity index (χ2v) is 4.85. The first kappa shape index (κ1) is 12.5. The van der Waals surface area contributed by atoms with Crippen molar-refractivity contribution in [2.75, 3.05) is 13.1 Å². The van der Waals surface area contributed by atoms with Gasteiger partial charge in [-0.25, -0.2) is 4.79 Å². The molecule has 1 atom stereocenters. The van der Waals surface area contributed by atoms with Crippen LogP contribution < -0.4 is 10.6 Å². The highest BCUT2D eigenvalue weighted by atomic mass is 16.3. The largest absolute Gasteiger partial charge is 0.465 e. The molecule has 2 fully saturated rings. The maximum atomic E-state index is 12.0. The summed E-state index contributed by atoms with van der Waals surface area (Å²) in [6.45, 7) is 0.612. The van der Waals surface area contributed by atoms with Crippen molar-refractivity contribution in [3.8, 4) is 0 Å². The zero-order valence-corrected chi connectivity index (χ0v) is 10.6. The summed E-state index contributed by atoms with van der Waals surface area (Å²) in [5, 5.41) is 4.80. The number of imide groups is 1. The Morgan fingerprint density at radius 2 is 2.30 bits per heavy atom. The summed E-state index contributed by atoms with van der Waals surface area (Å²) in [6, 6.07) is 2.96. The molecule has 2 aliphatic heterocycles. The van der Waals surface area contributed by atoms with E-state index in [1.807, 2.05) is 0 Å². The lowest BCUT2D eigenvalue weighted by molar-refractivity contribution is -0.126. The minimum Gasteiger partial charge on any atom is -0.465 e. The summed E-state index contributed by atoms with van der Waals surface area (Å²) in [5.74, 6) is -0.000731. The van der Waals surface area contributed by atoms with E-state index in [1.54, 1.807) is 18.2 Å². The molecule has 0 bridgehead atoms. The van der Waals surface area contributed by atoms with E-state index >= 15 is 0 Å². The van der Waals surface area contributed by atoms with Gasteiger partial charge in [0.05, 0.1) is 12.8 Å². The molecule has 0 aromatic carbocycles. The van der Waals surface area contributed by atoms with Crippen molar-refractivity contribution >= 4 is 23.9 Å². The molecule has 1 aromatic rings. The van der Waals surface area contributed by atoms with Crippen molar-refractivity contribution < 1.29 is 18.8 Å². The number of carbonyl (C=O) groups excluding carboxylic acids is 3. The minimum absolute atomic E-state index is 0.186. The first-order valence-corrected chi connectivity index (χ1v) is 6.23. The van der Waals surface area contributed by atoms with E-state index in [0.29, 0.717) is 18.7 Å². The van der Waals surface area contributed by atoms with Crippen LogP contribution in [0.5, 0.6) is 0 Å². The molecular formula is C13H13N3O4. The Bertz CT molecular complexity index is 593. The minimum atomic E-state index is -0.967. The first-order chi connectivity index (χ1) is 9.59. The molecule has 1 unspecified atom stereocenters. The summed E-state index contributed by atoms with van der Waals surface area (Å²) in [7, 11) is 0. The van der Waals surface area contributed by atoms with Gasteiger partial charge in [0, 0.05) is 12.6 Å². The SMILES string of the molecule is O=C1NC(=O)C2(CCN(C(=O)/C=C/c3ccco3)C2)N1. The first-order valence-electron chi connectivity index (χ1n) is 6.23. The van der Waals surface area contributed by atoms with Gasteiger partial charge in [0.1, 0.15) is 11.3 Å². The van der Waals surface area contributed by atoms with E-state index in [4.69, 9.17) is 4.42 Å². The summed E-state index contributed by atoms with van der Waals surface area (Å²) in [4.78, 5) is 36.5. The van der Waals surface area contributed by atoms with Gasteiger partial charge in [-0.3, -0.25) is 14.9 Å². The van der Waals surface area contributed by atoms with E-state index in [2.05, 4.69) is 10.6 Å². The number of carbonyl (C=O) groups is 3. The van der Waals surface area contributed by atoms with Gasteiger partial charge < -0.3 is 14.6 Å². The Kier molecular flexibility index (Phi) is 2.81. The van der Waals surface area contributed by atoms with Gasteiger partial charge in [-0.05, 0) is 24.6 Å². The van der Waals surface area contributed by atoms with Gasteiger partial charge in [0.25, 0.3) is 5.91 Å². The zero-order valence-electron chi connectivity index (χ0n) is 10.6. The predicted molar refractivity (Wildman–Crippen MR) is 68.3 cm³/mol. The Balaban J connectivity index is 1.67. The highest BCUT2D eigenvalue weighted by molar-refractivity contribution is 6.08. The molecule has 1 aromatic heterocycles. The monoisotopic (exact) mass is 275 g/mol. The average molecular weight is 275 g/mol. The van der Waals surface area contributed by atoms with Gasteiger partial charge in [-0.2, -0.15) is 0 Å². The average Bonchev–Trinajstić information content (AvgIpc) is 3.10. The van der Waals surface area contributed by atoms with Gasteiger partial charge >= 0.3 is 6.03 Å². The van der Waals surface area contributed by atoms with Gasteiger partial charge in [0.15, 0.2) is 0 Å². The summed E-state index contributed by atoms with van der Waals surface area (Å²) in [5.41, 5.74) is -0.967. The number of urea groups is 1. The number of hydrogen-bond acceptors (Lipinski definition) is 4. The van der Waals surface area contributed by atoms with E-state index in [-0.39, 0.29) is 18.4 Å². The highest BCUT2D eigenvalue weighted by Crippen LogP contribution is 2.24. The van der Waals surface area contributed by atoms with Crippen molar-refractivity contribution in [1.82, 2.24) is 15.5 Å². The number of furan rings is 1. The molecular weight excluding hydrogens is 262 g/mol. The molecule has 3 heterocycles. The highest BCUT2D eigenvalue weighted by Gasteiger charge is 2.51. The fraction of sp³-hybridized carbons (Fsp3) is 0.308. The van der Waals surface area contributed by atoms with Crippen molar-refractivity contribution in [2.24, 2.45) is 0 Å². The quantitative estimate of drug-likeness (QED) is 0.591. The molecule has 0 aliphatic carbocycles.